The number of amides is 1. The van der Waals surface area contributed by atoms with Gasteiger partial charge in [0, 0.05) is 39.0 Å². The first-order valence-corrected chi connectivity index (χ1v) is 12.3. The zero-order chi connectivity index (χ0) is 25.0. The minimum atomic E-state index is -1.06. The van der Waals surface area contributed by atoms with Crippen molar-refractivity contribution >= 4 is 17.9 Å². The number of hydrogen-bond donors (Lipinski definition) is 3. The molecule has 1 aliphatic heterocycles. The lowest BCUT2D eigenvalue weighted by molar-refractivity contribution is -0.139. The van der Waals surface area contributed by atoms with E-state index in [4.69, 9.17) is 14.5 Å². The van der Waals surface area contributed by atoms with Gasteiger partial charge in [-0.1, -0.05) is 6.07 Å². The molecule has 1 aromatic rings. The summed E-state index contributed by atoms with van der Waals surface area (Å²) in [7, 11) is 1.68. The fourth-order valence-corrected chi connectivity index (χ4v) is 3.94. The third-order valence-electron chi connectivity index (χ3n) is 5.65. The van der Waals surface area contributed by atoms with Crippen LogP contribution in [0, 0.1) is 0 Å². The summed E-state index contributed by atoms with van der Waals surface area (Å²) in [5, 5.41) is 15.4. The minimum absolute atomic E-state index is 0.305. The smallest absolute Gasteiger partial charge is 0.408 e. The van der Waals surface area contributed by atoms with Crippen LogP contribution in [-0.4, -0.2) is 78.6 Å². The fraction of sp³-hybridized carbons (Fsp3) is 0.720. The molecule has 192 valence electrons. The van der Waals surface area contributed by atoms with Gasteiger partial charge in [-0.3, -0.25) is 0 Å². The summed E-state index contributed by atoms with van der Waals surface area (Å²) in [5.74, 6) is -0.0306. The van der Waals surface area contributed by atoms with E-state index in [1.54, 1.807) is 27.9 Å². The van der Waals surface area contributed by atoms with Crippen molar-refractivity contribution in [3.05, 3.63) is 23.4 Å². The Morgan fingerprint density at radius 1 is 1.21 bits per heavy atom. The number of aryl methyl sites for hydroxylation is 2. The maximum absolute atomic E-state index is 12.0. The lowest BCUT2D eigenvalue weighted by Crippen LogP contribution is -2.45. The Balaban J connectivity index is 1.82. The second-order valence-electron chi connectivity index (χ2n) is 9.81. The van der Waals surface area contributed by atoms with E-state index in [0.717, 1.165) is 69.7 Å². The summed E-state index contributed by atoms with van der Waals surface area (Å²) < 4.78 is 10.4. The van der Waals surface area contributed by atoms with E-state index >= 15 is 0 Å². The van der Waals surface area contributed by atoms with Crippen molar-refractivity contribution in [2.75, 3.05) is 45.2 Å². The summed E-state index contributed by atoms with van der Waals surface area (Å²) in [6.45, 7) is 9.11. The number of nitrogens with one attached hydrogen (secondary N) is 2. The van der Waals surface area contributed by atoms with Gasteiger partial charge in [-0.15, -0.1) is 0 Å². The van der Waals surface area contributed by atoms with E-state index < -0.39 is 23.7 Å². The van der Waals surface area contributed by atoms with Gasteiger partial charge in [-0.05, 0) is 83.9 Å². The summed E-state index contributed by atoms with van der Waals surface area (Å²) >= 11 is 0. The molecule has 0 saturated heterocycles. The van der Waals surface area contributed by atoms with Gasteiger partial charge in [0.15, 0.2) is 0 Å². The van der Waals surface area contributed by atoms with Crippen LogP contribution < -0.4 is 10.6 Å². The molecule has 0 saturated carbocycles. The van der Waals surface area contributed by atoms with Crippen LogP contribution in [0.3, 0.4) is 0 Å². The molecule has 1 unspecified atom stereocenters. The Bertz CT molecular complexity index is 781. The predicted octanol–water partition coefficient (Wildman–Crippen LogP) is 3.47. The van der Waals surface area contributed by atoms with E-state index in [9.17, 15) is 14.7 Å². The lowest BCUT2D eigenvalue weighted by Gasteiger charge is -2.25. The number of carboxylic acid groups (broad SMARTS) is 1. The molecule has 0 bridgehead atoms. The molecule has 0 radical (unpaired) electrons. The van der Waals surface area contributed by atoms with E-state index in [-0.39, 0.29) is 0 Å². The first kappa shape index (κ1) is 27.9. The highest BCUT2D eigenvalue weighted by atomic mass is 16.6. The minimum Gasteiger partial charge on any atom is -0.480 e. The van der Waals surface area contributed by atoms with Gasteiger partial charge in [0.05, 0.1) is 0 Å². The maximum Gasteiger partial charge on any atom is 0.408 e. The number of carboxylic acids is 1. The second-order valence-corrected chi connectivity index (χ2v) is 9.81. The molecule has 2 heterocycles. The quantitative estimate of drug-likeness (QED) is 0.349. The van der Waals surface area contributed by atoms with E-state index in [1.807, 2.05) is 0 Å². The van der Waals surface area contributed by atoms with E-state index in [2.05, 4.69) is 27.7 Å². The van der Waals surface area contributed by atoms with Crippen LogP contribution in [0.1, 0.15) is 64.1 Å². The number of nitrogens with zero attached hydrogens (tertiary/aromatic N) is 2. The molecule has 0 aliphatic carbocycles. The highest BCUT2D eigenvalue weighted by Gasteiger charge is 2.24. The number of pyridine rings is 1. The SMILES string of the molecule is COCCCN(CCCCc1ccc2c(n1)NCCC2)CCC(NC(=O)OC(C)(C)C)C(=O)O. The summed E-state index contributed by atoms with van der Waals surface area (Å²) in [4.78, 5) is 30.7. The Morgan fingerprint density at radius 3 is 2.68 bits per heavy atom. The number of aromatic nitrogens is 1. The number of methoxy groups -OCH3 is 1. The Kier molecular flexibility index (Phi) is 11.6. The number of aliphatic carboxylic acids is 1. The molecule has 3 N–H and O–H groups in total. The molecular weight excluding hydrogens is 436 g/mol. The van der Waals surface area contributed by atoms with Gasteiger partial charge >= 0.3 is 12.1 Å². The number of hydrogen-bond acceptors (Lipinski definition) is 7. The van der Waals surface area contributed by atoms with Gasteiger partial charge in [-0.2, -0.15) is 0 Å². The van der Waals surface area contributed by atoms with Crippen LogP contribution in [0.25, 0.3) is 0 Å². The van der Waals surface area contributed by atoms with Crippen molar-refractivity contribution in [3.8, 4) is 0 Å². The van der Waals surface area contributed by atoms with Gasteiger partial charge in [-0.25, -0.2) is 14.6 Å². The number of fused-ring (bicyclic) bond motifs is 1. The fourth-order valence-electron chi connectivity index (χ4n) is 3.94. The van der Waals surface area contributed by atoms with Crippen molar-refractivity contribution in [1.29, 1.82) is 0 Å². The largest absolute Gasteiger partial charge is 0.480 e. The molecule has 1 amide bonds. The molecule has 1 aliphatic rings. The molecule has 0 spiro atoms. The third-order valence-corrected chi connectivity index (χ3v) is 5.65. The van der Waals surface area contributed by atoms with Gasteiger partial charge in [0.1, 0.15) is 17.5 Å². The highest BCUT2D eigenvalue weighted by Crippen LogP contribution is 2.20. The number of anilines is 1. The molecule has 9 heteroatoms. The molecule has 34 heavy (non-hydrogen) atoms. The topological polar surface area (TPSA) is 113 Å². The molecule has 9 nitrogen and oxygen atoms in total. The molecule has 0 aromatic carbocycles. The Hall–Kier alpha value is -2.39. The number of ether oxygens (including phenoxy) is 2. The first-order valence-electron chi connectivity index (χ1n) is 12.3. The summed E-state index contributed by atoms with van der Waals surface area (Å²) in [5.41, 5.74) is 1.72. The predicted molar refractivity (Wildman–Crippen MR) is 132 cm³/mol. The second kappa shape index (κ2) is 14.1. The van der Waals surface area contributed by atoms with Crippen LogP contribution in [-0.2, 0) is 27.1 Å². The van der Waals surface area contributed by atoms with Crippen molar-refractivity contribution in [1.82, 2.24) is 15.2 Å². The van der Waals surface area contributed by atoms with Crippen LogP contribution in [0.5, 0.6) is 0 Å². The average Bonchev–Trinajstić information content (AvgIpc) is 2.77. The zero-order valence-corrected chi connectivity index (χ0v) is 21.2. The third kappa shape index (κ3) is 10.7. The van der Waals surface area contributed by atoms with Crippen LogP contribution >= 0.6 is 0 Å². The number of carbonyl (C=O) groups excluding carboxylic acids is 1. The molecule has 2 rings (SSSR count). The van der Waals surface area contributed by atoms with Crippen LogP contribution in [0.4, 0.5) is 10.6 Å². The number of rotatable bonds is 14. The number of alkyl carbamates (subject to hydrolysis) is 1. The number of unbranched alkanes of at least 4 members (excludes halogenated alkanes) is 1. The Labute approximate surface area is 203 Å². The zero-order valence-electron chi connectivity index (χ0n) is 21.2. The summed E-state index contributed by atoms with van der Waals surface area (Å²) in [6.07, 6.45) is 5.61. The molecule has 1 atom stereocenters. The monoisotopic (exact) mass is 478 g/mol. The van der Waals surface area contributed by atoms with Crippen LogP contribution in [0.2, 0.25) is 0 Å². The standard InChI is InChI=1S/C25H42N4O5/c1-25(2,3)34-24(32)28-21(23(30)31)13-17-29(16-8-18-33-4)15-6-5-10-20-12-11-19-9-7-14-26-22(19)27-20/h11-12,21H,5-10,13-18H2,1-4H3,(H,26,27)(H,28,32)(H,30,31). The van der Waals surface area contributed by atoms with Gasteiger partial charge < -0.3 is 30.1 Å². The van der Waals surface area contributed by atoms with Crippen molar-refractivity contribution < 1.29 is 24.2 Å². The van der Waals surface area contributed by atoms with Crippen molar-refractivity contribution in [2.24, 2.45) is 0 Å². The maximum atomic E-state index is 12.0. The first-order chi connectivity index (χ1) is 16.2. The average molecular weight is 479 g/mol. The number of carbonyl (C=O) groups is 2. The normalized spacial score (nSPS) is 14.3. The Morgan fingerprint density at radius 2 is 1.97 bits per heavy atom. The van der Waals surface area contributed by atoms with Gasteiger partial charge in [0.25, 0.3) is 0 Å². The van der Waals surface area contributed by atoms with E-state index in [0.29, 0.717) is 19.6 Å². The van der Waals surface area contributed by atoms with Crippen molar-refractivity contribution in [2.45, 2.75) is 77.4 Å². The van der Waals surface area contributed by atoms with Crippen molar-refractivity contribution in [3.63, 3.8) is 0 Å². The highest BCUT2D eigenvalue weighted by molar-refractivity contribution is 5.80. The lowest BCUT2D eigenvalue weighted by atomic mass is 10.1. The molecular formula is C25H42N4O5. The van der Waals surface area contributed by atoms with Crippen LogP contribution in [0.15, 0.2) is 12.1 Å². The molecule has 1 aromatic heterocycles. The van der Waals surface area contributed by atoms with E-state index in [1.165, 1.54) is 5.56 Å². The molecule has 0 fully saturated rings. The van der Waals surface area contributed by atoms with Gasteiger partial charge in [0.2, 0.25) is 0 Å². The summed E-state index contributed by atoms with van der Waals surface area (Å²) in [6, 6.07) is 3.32.